The molecule has 0 rings (SSSR count). The highest BCUT2D eigenvalue weighted by Crippen LogP contribution is 1.99. The van der Waals surface area contributed by atoms with Gasteiger partial charge in [0.05, 0.1) is 12.0 Å². The van der Waals surface area contributed by atoms with Crippen LogP contribution in [-0.2, 0) is 9.59 Å². The van der Waals surface area contributed by atoms with E-state index < -0.39 is 23.8 Å². The monoisotopic (exact) mass is 175 g/mol. The van der Waals surface area contributed by atoms with E-state index in [0.29, 0.717) is 0 Å². The predicted octanol–water partition coefficient (Wildman–Crippen LogP) is -3.07. The fourth-order valence-corrected chi connectivity index (χ4v) is 0.618. The summed E-state index contributed by atoms with van der Waals surface area (Å²) in [4.78, 5) is 21.6. The highest BCUT2D eigenvalue weighted by atomic mass is 16.2. The lowest BCUT2D eigenvalue weighted by molar-refractivity contribution is -0.131. The molecule has 2 atom stereocenters. The summed E-state index contributed by atoms with van der Waals surface area (Å²) < 4.78 is 0. The summed E-state index contributed by atoms with van der Waals surface area (Å²) in [5, 5.41) is 0. The topological polar surface area (TPSA) is 136 Å². The van der Waals surface area contributed by atoms with Gasteiger partial charge in [-0.05, 0) is 0 Å². The van der Waals surface area contributed by atoms with Gasteiger partial charge in [0.2, 0.25) is 5.91 Å². The van der Waals surface area contributed by atoms with E-state index in [1.54, 1.807) is 0 Å². The van der Waals surface area contributed by atoms with E-state index in [-0.39, 0.29) is 0 Å². The molecular formula is C5H13N5O2. The number of nitrogens with one attached hydrogen (secondary N) is 2. The zero-order chi connectivity index (χ0) is 9.72. The molecule has 0 saturated heterocycles. The van der Waals surface area contributed by atoms with Gasteiger partial charge in [-0.25, -0.2) is 11.7 Å². The Morgan fingerprint density at radius 1 is 1.17 bits per heavy atom. The summed E-state index contributed by atoms with van der Waals surface area (Å²) in [7, 11) is 0. The minimum Gasteiger partial charge on any atom is -0.319 e. The summed E-state index contributed by atoms with van der Waals surface area (Å²) in [5.74, 6) is 7.82. The zero-order valence-corrected chi connectivity index (χ0v) is 6.70. The Morgan fingerprint density at radius 2 is 1.58 bits per heavy atom. The van der Waals surface area contributed by atoms with Gasteiger partial charge >= 0.3 is 0 Å². The Morgan fingerprint density at radius 3 is 1.92 bits per heavy atom. The van der Waals surface area contributed by atoms with Crippen LogP contribution in [0.1, 0.15) is 6.92 Å². The molecule has 7 heteroatoms. The Balaban J connectivity index is 4.18. The molecule has 0 heterocycles. The maximum Gasteiger partial charge on any atom is 0.251 e. The quantitative estimate of drug-likeness (QED) is 0.176. The van der Waals surface area contributed by atoms with Crippen LogP contribution in [0.15, 0.2) is 0 Å². The minimum atomic E-state index is -0.987. The van der Waals surface area contributed by atoms with Crippen molar-refractivity contribution in [2.24, 2.45) is 23.3 Å². The maximum atomic E-state index is 10.8. The molecule has 7 nitrogen and oxygen atoms in total. The number of amides is 2. The summed E-state index contributed by atoms with van der Waals surface area (Å²) in [6.45, 7) is 1.47. The number of hydrogen-bond acceptors (Lipinski definition) is 5. The van der Waals surface area contributed by atoms with Crippen molar-refractivity contribution < 1.29 is 9.59 Å². The van der Waals surface area contributed by atoms with Gasteiger partial charge in [0.1, 0.15) is 0 Å². The van der Waals surface area contributed by atoms with E-state index in [0.717, 1.165) is 0 Å². The molecule has 70 valence electrons. The molecular weight excluding hydrogens is 162 g/mol. The van der Waals surface area contributed by atoms with Gasteiger partial charge in [-0.1, -0.05) is 6.92 Å². The smallest absolute Gasteiger partial charge is 0.251 e. The van der Waals surface area contributed by atoms with Crippen LogP contribution >= 0.6 is 0 Å². The molecule has 8 N–H and O–H groups in total. The van der Waals surface area contributed by atoms with Crippen molar-refractivity contribution in [3.05, 3.63) is 0 Å². The molecule has 0 saturated carbocycles. The first-order chi connectivity index (χ1) is 5.54. The van der Waals surface area contributed by atoms with Crippen LogP contribution in [-0.4, -0.2) is 17.9 Å². The molecule has 0 aromatic heterocycles. The molecule has 1 unspecified atom stereocenters. The van der Waals surface area contributed by atoms with Crippen molar-refractivity contribution >= 4 is 11.8 Å². The van der Waals surface area contributed by atoms with Crippen molar-refractivity contribution in [2.75, 3.05) is 0 Å². The first-order valence-corrected chi connectivity index (χ1v) is 3.31. The summed E-state index contributed by atoms with van der Waals surface area (Å²) in [5.41, 5.74) is 9.06. The lowest BCUT2D eigenvalue weighted by atomic mass is 10.0. The van der Waals surface area contributed by atoms with Gasteiger partial charge in [-0.15, -0.1) is 0 Å². The van der Waals surface area contributed by atoms with Crippen LogP contribution in [0.5, 0.6) is 0 Å². The van der Waals surface area contributed by atoms with Crippen molar-refractivity contribution in [2.45, 2.75) is 13.0 Å². The van der Waals surface area contributed by atoms with Crippen LogP contribution in [0, 0.1) is 5.92 Å². The van der Waals surface area contributed by atoms with Gasteiger partial charge in [0.25, 0.3) is 5.91 Å². The lowest BCUT2D eigenvalue weighted by Gasteiger charge is -2.15. The fourth-order valence-electron chi connectivity index (χ4n) is 0.618. The van der Waals surface area contributed by atoms with Crippen LogP contribution in [0.4, 0.5) is 0 Å². The largest absolute Gasteiger partial charge is 0.319 e. The molecule has 0 aromatic carbocycles. The number of carbonyl (C=O) groups excluding carboxylic acids is 2. The number of hydrazine groups is 2. The van der Waals surface area contributed by atoms with E-state index in [9.17, 15) is 9.59 Å². The molecule has 0 aliphatic heterocycles. The van der Waals surface area contributed by atoms with Crippen LogP contribution < -0.4 is 28.3 Å². The summed E-state index contributed by atoms with van der Waals surface area (Å²) in [6, 6.07) is -0.987. The van der Waals surface area contributed by atoms with Gasteiger partial charge in [0, 0.05) is 0 Å². The molecule has 0 spiro atoms. The van der Waals surface area contributed by atoms with Crippen LogP contribution in [0.3, 0.4) is 0 Å². The van der Waals surface area contributed by atoms with Crippen LogP contribution in [0.2, 0.25) is 0 Å². The minimum absolute atomic E-state index is 0.508. The standard InChI is InChI=1S/C5H13N5O2/c1-2(4(11)9-7)3(6)5(12)10-8/h2-3H,6-8H2,1H3,(H,9,11)(H,10,12)/t2?,3-/m0/s1. The Kier molecular flexibility index (Phi) is 4.19. The lowest BCUT2D eigenvalue weighted by Crippen LogP contribution is -2.52. The second kappa shape index (κ2) is 4.65. The summed E-state index contributed by atoms with van der Waals surface area (Å²) >= 11 is 0. The third-order valence-electron chi connectivity index (χ3n) is 1.54. The molecule has 0 fully saturated rings. The van der Waals surface area contributed by atoms with Crippen LogP contribution in [0.25, 0.3) is 0 Å². The van der Waals surface area contributed by atoms with Crippen molar-refractivity contribution in [3.63, 3.8) is 0 Å². The Hall–Kier alpha value is -1.18. The second-order valence-corrected chi connectivity index (χ2v) is 2.33. The van der Waals surface area contributed by atoms with Crippen molar-refractivity contribution in [1.29, 1.82) is 0 Å². The van der Waals surface area contributed by atoms with E-state index in [1.165, 1.54) is 6.92 Å². The maximum absolute atomic E-state index is 10.8. The molecule has 12 heavy (non-hydrogen) atoms. The first-order valence-electron chi connectivity index (χ1n) is 3.31. The van der Waals surface area contributed by atoms with Crippen molar-refractivity contribution in [3.8, 4) is 0 Å². The molecule has 0 aliphatic carbocycles. The SMILES string of the molecule is CC(C(=O)NN)[C@H](N)C(=O)NN. The second-order valence-electron chi connectivity index (χ2n) is 2.33. The van der Waals surface area contributed by atoms with Gasteiger partial charge in [-0.3, -0.25) is 20.4 Å². The van der Waals surface area contributed by atoms with Gasteiger partial charge in [-0.2, -0.15) is 0 Å². The molecule has 0 bridgehead atoms. The third kappa shape index (κ3) is 2.46. The normalized spacial score (nSPS) is 14.7. The highest BCUT2D eigenvalue weighted by molar-refractivity contribution is 5.89. The Bertz CT molecular complexity index is 163. The highest BCUT2D eigenvalue weighted by Gasteiger charge is 2.25. The average molecular weight is 175 g/mol. The number of carbonyl (C=O) groups is 2. The van der Waals surface area contributed by atoms with E-state index >= 15 is 0 Å². The van der Waals surface area contributed by atoms with E-state index in [4.69, 9.17) is 17.4 Å². The summed E-state index contributed by atoms with van der Waals surface area (Å²) in [6.07, 6.45) is 0. The molecule has 0 aromatic rings. The van der Waals surface area contributed by atoms with Gasteiger partial charge < -0.3 is 5.73 Å². The molecule has 0 radical (unpaired) electrons. The van der Waals surface area contributed by atoms with E-state index in [1.807, 2.05) is 10.9 Å². The first kappa shape index (κ1) is 10.8. The Labute approximate surface area is 69.6 Å². The number of hydrogen-bond donors (Lipinski definition) is 5. The predicted molar refractivity (Wildman–Crippen MR) is 41.8 cm³/mol. The molecule has 2 amide bonds. The van der Waals surface area contributed by atoms with E-state index in [2.05, 4.69) is 0 Å². The third-order valence-corrected chi connectivity index (χ3v) is 1.54. The number of rotatable bonds is 3. The average Bonchev–Trinajstić information content (AvgIpc) is 2.12. The van der Waals surface area contributed by atoms with Crippen molar-refractivity contribution in [1.82, 2.24) is 10.9 Å². The number of nitrogens with two attached hydrogens (primary N) is 3. The zero-order valence-electron chi connectivity index (χ0n) is 6.70. The fraction of sp³-hybridized carbons (Fsp3) is 0.600. The molecule has 0 aliphatic rings. The van der Waals surface area contributed by atoms with Gasteiger partial charge in [0.15, 0.2) is 0 Å².